The summed E-state index contributed by atoms with van der Waals surface area (Å²) < 4.78 is 0. The zero-order valence-electron chi connectivity index (χ0n) is 11.3. The van der Waals surface area contributed by atoms with E-state index in [4.69, 9.17) is 5.11 Å². The SMILES string of the molecule is O=C(O)Cc1ccc(/C=C\CCc2ccccc2)cc1. The number of benzene rings is 2. The van der Waals surface area contributed by atoms with E-state index in [2.05, 4.69) is 36.4 Å². The average molecular weight is 266 g/mol. The normalized spacial score (nSPS) is 10.8. The molecule has 0 aliphatic heterocycles. The fourth-order valence-electron chi connectivity index (χ4n) is 2.04. The molecule has 2 aromatic carbocycles. The van der Waals surface area contributed by atoms with E-state index in [1.54, 1.807) is 0 Å². The van der Waals surface area contributed by atoms with Crippen molar-refractivity contribution in [2.45, 2.75) is 19.3 Å². The molecule has 0 heterocycles. The van der Waals surface area contributed by atoms with E-state index in [9.17, 15) is 4.79 Å². The molecule has 0 unspecified atom stereocenters. The van der Waals surface area contributed by atoms with Crippen molar-refractivity contribution in [1.82, 2.24) is 0 Å². The molecule has 0 aromatic heterocycles. The van der Waals surface area contributed by atoms with Gasteiger partial charge in [-0.2, -0.15) is 0 Å². The van der Waals surface area contributed by atoms with Crippen molar-refractivity contribution >= 4 is 12.0 Å². The van der Waals surface area contributed by atoms with Gasteiger partial charge in [0.05, 0.1) is 6.42 Å². The number of rotatable bonds is 6. The highest BCUT2D eigenvalue weighted by Gasteiger charge is 1.98. The summed E-state index contributed by atoms with van der Waals surface area (Å²) in [5.41, 5.74) is 3.28. The van der Waals surface area contributed by atoms with Crippen LogP contribution >= 0.6 is 0 Å². The minimum atomic E-state index is -0.795. The first kappa shape index (κ1) is 14.1. The van der Waals surface area contributed by atoms with Crippen molar-refractivity contribution in [2.75, 3.05) is 0 Å². The molecule has 0 saturated heterocycles. The molecule has 0 saturated carbocycles. The van der Waals surface area contributed by atoms with Crippen LogP contribution in [-0.4, -0.2) is 11.1 Å². The first-order valence-electron chi connectivity index (χ1n) is 6.75. The molecular weight excluding hydrogens is 248 g/mol. The Balaban J connectivity index is 1.83. The Labute approximate surface area is 119 Å². The summed E-state index contributed by atoms with van der Waals surface area (Å²) >= 11 is 0. The second-order valence-corrected chi connectivity index (χ2v) is 4.74. The summed E-state index contributed by atoms with van der Waals surface area (Å²) in [6.45, 7) is 0. The predicted molar refractivity (Wildman–Crippen MR) is 81.6 cm³/mol. The van der Waals surface area contributed by atoms with Crippen molar-refractivity contribution in [3.05, 3.63) is 77.4 Å². The van der Waals surface area contributed by atoms with Gasteiger partial charge in [-0.05, 0) is 29.5 Å². The molecule has 2 rings (SSSR count). The van der Waals surface area contributed by atoms with Gasteiger partial charge in [-0.3, -0.25) is 4.79 Å². The summed E-state index contributed by atoms with van der Waals surface area (Å²) in [7, 11) is 0. The van der Waals surface area contributed by atoms with E-state index in [0.29, 0.717) is 0 Å². The molecule has 0 amide bonds. The lowest BCUT2D eigenvalue weighted by Gasteiger charge is -1.99. The molecule has 0 spiro atoms. The second-order valence-electron chi connectivity index (χ2n) is 4.74. The van der Waals surface area contributed by atoms with E-state index in [1.165, 1.54) is 5.56 Å². The molecule has 0 fully saturated rings. The van der Waals surface area contributed by atoms with Gasteiger partial charge in [-0.15, -0.1) is 0 Å². The van der Waals surface area contributed by atoms with Crippen molar-refractivity contribution in [2.24, 2.45) is 0 Å². The van der Waals surface area contributed by atoms with E-state index < -0.39 is 5.97 Å². The summed E-state index contributed by atoms with van der Waals surface area (Å²) in [6.07, 6.45) is 6.35. The van der Waals surface area contributed by atoms with Gasteiger partial charge in [0.15, 0.2) is 0 Å². The quantitative estimate of drug-likeness (QED) is 0.859. The maximum Gasteiger partial charge on any atom is 0.307 e. The Morgan fingerprint density at radius 2 is 1.65 bits per heavy atom. The van der Waals surface area contributed by atoms with Gasteiger partial charge in [0.1, 0.15) is 0 Å². The number of aliphatic carboxylic acids is 1. The number of allylic oxidation sites excluding steroid dienone is 1. The number of hydrogen-bond acceptors (Lipinski definition) is 1. The summed E-state index contributed by atoms with van der Waals surface area (Å²) in [4.78, 5) is 10.6. The lowest BCUT2D eigenvalue weighted by molar-refractivity contribution is -0.136. The van der Waals surface area contributed by atoms with E-state index >= 15 is 0 Å². The maximum atomic E-state index is 10.6. The van der Waals surface area contributed by atoms with Crippen molar-refractivity contribution in [3.63, 3.8) is 0 Å². The fraction of sp³-hybridized carbons (Fsp3) is 0.167. The Kier molecular flexibility index (Phi) is 5.13. The highest BCUT2D eigenvalue weighted by Crippen LogP contribution is 2.09. The van der Waals surface area contributed by atoms with Crippen LogP contribution < -0.4 is 0 Å². The van der Waals surface area contributed by atoms with Gasteiger partial charge >= 0.3 is 5.97 Å². The molecule has 0 atom stereocenters. The summed E-state index contributed by atoms with van der Waals surface area (Å²) in [5, 5.41) is 8.70. The van der Waals surface area contributed by atoms with Crippen LogP contribution in [0.15, 0.2) is 60.7 Å². The molecule has 2 aromatic rings. The Morgan fingerprint density at radius 1 is 0.950 bits per heavy atom. The molecule has 2 heteroatoms. The maximum absolute atomic E-state index is 10.6. The number of hydrogen-bond donors (Lipinski definition) is 1. The largest absolute Gasteiger partial charge is 0.481 e. The molecule has 0 aliphatic carbocycles. The third-order valence-corrected chi connectivity index (χ3v) is 3.09. The van der Waals surface area contributed by atoms with Crippen LogP contribution in [0.1, 0.15) is 23.1 Å². The first-order chi connectivity index (χ1) is 9.74. The molecule has 0 bridgehead atoms. The Bertz CT molecular complexity index is 568. The smallest absolute Gasteiger partial charge is 0.307 e. The second kappa shape index (κ2) is 7.29. The van der Waals surface area contributed by atoms with Crippen LogP contribution in [0.3, 0.4) is 0 Å². The molecule has 0 aliphatic rings. The van der Waals surface area contributed by atoms with Gasteiger partial charge in [0, 0.05) is 0 Å². The first-order valence-corrected chi connectivity index (χ1v) is 6.75. The van der Waals surface area contributed by atoms with Crippen LogP contribution in [-0.2, 0) is 17.6 Å². The molecule has 20 heavy (non-hydrogen) atoms. The molecule has 1 N–H and O–H groups in total. The van der Waals surface area contributed by atoms with Crippen molar-refractivity contribution < 1.29 is 9.90 Å². The van der Waals surface area contributed by atoms with Gasteiger partial charge < -0.3 is 5.11 Å². The molecule has 0 radical (unpaired) electrons. The van der Waals surface area contributed by atoms with Gasteiger partial charge in [0.25, 0.3) is 0 Å². The van der Waals surface area contributed by atoms with Crippen LogP contribution in [0, 0.1) is 0 Å². The molecular formula is C18H18O2. The number of carboxylic acid groups (broad SMARTS) is 1. The predicted octanol–water partition coefficient (Wildman–Crippen LogP) is 3.96. The third-order valence-electron chi connectivity index (χ3n) is 3.09. The topological polar surface area (TPSA) is 37.3 Å². The Hall–Kier alpha value is -2.35. The van der Waals surface area contributed by atoms with Gasteiger partial charge in [-0.25, -0.2) is 0 Å². The highest BCUT2D eigenvalue weighted by molar-refractivity contribution is 5.70. The zero-order valence-corrected chi connectivity index (χ0v) is 11.3. The third kappa shape index (κ3) is 4.73. The van der Waals surface area contributed by atoms with E-state index in [1.807, 2.05) is 30.3 Å². The number of aryl methyl sites for hydroxylation is 1. The molecule has 102 valence electrons. The van der Waals surface area contributed by atoms with Crippen molar-refractivity contribution in [3.8, 4) is 0 Å². The van der Waals surface area contributed by atoms with Crippen LogP contribution in [0.5, 0.6) is 0 Å². The van der Waals surface area contributed by atoms with E-state index in [-0.39, 0.29) is 6.42 Å². The highest BCUT2D eigenvalue weighted by atomic mass is 16.4. The number of carboxylic acids is 1. The van der Waals surface area contributed by atoms with E-state index in [0.717, 1.165) is 24.0 Å². The zero-order chi connectivity index (χ0) is 14.2. The van der Waals surface area contributed by atoms with Crippen LogP contribution in [0.2, 0.25) is 0 Å². The minimum absolute atomic E-state index is 0.0814. The average Bonchev–Trinajstić information content (AvgIpc) is 2.46. The Morgan fingerprint density at radius 3 is 2.30 bits per heavy atom. The van der Waals surface area contributed by atoms with Crippen LogP contribution in [0.25, 0.3) is 6.08 Å². The minimum Gasteiger partial charge on any atom is -0.481 e. The lowest BCUT2D eigenvalue weighted by atomic mass is 10.1. The number of carbonyl (C=O) groups is 1. The monoisotopic (exact) mass is 266 g/mol. The summed E-state index contributed by atoms with van der Waals surface area (Å²) in [6, 6.07) is 18.0. The standard InChI is InChI=1S/C18H18O2/c19-18(20)14-17-12-10-16(11-13-17)9-5-4-8-15-6-2-1-3-7-15/h1-3,5-7,9-13H,4,8,14H2,(H,19,20)/b9-5-. The molecule has 2 nitrogen and oxygen atoms in total. The fourth-order valence-corrected chi connectivity index (χ4v) is 2.04. The lowest BCUT2D eigenvalue weighted by Crippen LogP contribution is -1.99. The summed E-state index contributed by atoms with van der Waals surface area (Å²) in [5.74, 6) is -0.795. The van der Waals surface area contributed by atoms with Gasteiger partial charge in [-0.1, -0.05) is 66.7 Å². The van der Waals surface area contributed by atoms with Crippen molar-refractivity contribution in [1.29, 1.82) is 0 Å². The van der Waals surface area contributed by atoms with Crippen LogP contribution in [0.4, 0.5) is 0 Å². The van der Waals surface area contributed by atoms with Gasteiger partial charge in [0.2, 0.25) is 0 Å².